The molecule has 8 aromatic heterocycles. The molecule has 0 spiro atoms. The summed E-state index contributed by atoms with van der Waals surface area (Å²) in [7, 11) is -5.77. The third-order valence-corrected chi connectivity index (χ3v) is 21.0. The highest BCUT2D eigenvalue weighted by molar-refractivity contribution is 7.32. The molecule has 4 amide bonds. The predicted molar refractivity (Wildman–Crippen MR) is 416 cm³/mol. The fraction of sp³-hybridized carbons (Fsp3) is 0.324. The standard InChI is InChI=1S/C18H17ClN5O5P.C18H18ClN5O3.C17H15ClN5O6P.C17H16ClN5O4.CH4/c1-2-11-14(29-30(26)27)12(19)18(28-11)24-9-22-13-15(20-8-21-16(13)24)23-17(25)10-6-4-3-5-7-10;1-2-11-14(25)12(19)18(27-11)24-9-22-13-15(20-8-21-16(13)24)23-17(26)10-6-4-3-5-7-10;18-11-13(29-30(26)27)10(6-24)28-17(11)23-8-21-12-14(19-7-20-15(12)23)22-16(25)9-4-2-1-3-5-9;18-11-13(25)10(6-24)27-17(11)23-8-21-12-14(19-7-20-15(12)23)22-16(26)9-4-2-1-3-5-9;/h3-9,11-12,14,18H,2H2,1H3,(H-,20,21,23,25,26,27);3-9,11-12,14,18,25H,2H2,1H3,(H,20,21,23,26);1-5,7-8,10-11,13,17,24H,6H2,(H-,19,20,22,25,26,27);1-5,7-8,10-11,13,17,24-25H,6H2,(H,19,20,22,26);1H4/p+2/t2*11-,12-,14-,18-;2*10-,11-,13-,17-;/m1111./s1. The first-order chi connectivity index (χ1) is 55.2. The highest BCUT2D eigenvalue weighted by atomic mass is 35.5. The van der Waals surface area contributed by atoms with Crippen molar-refractivity contribution in [3.05, 3.63) is 194 Å². The molecule has 4 aliphatic heterocycles. The first kappa shape index (κ1) is 84.2. The summed E-state index contributed by atoms with van der Waals surface area (Å²) in [6, 6.07) is 34.9. The Hall–Kier alpha value is -10.2. The van der Waals surface area contributed by atoms with Crippen LogP contribution in [0, 0.1) is 0 Å². The number of carbonyl (C=O) groups excluding carboxylic acids is 4. The van der Waals surface area contributed by atoms with Gasteiger partial charge in [-0.05, 0) is 61.4 Å². The summed E-state index contributed by atoms with van der Waals surface area (Å²) in [5.41, 5.74) is 4.92. The molecular formula is C71H72Cl4N20O18P2+2. The van der Waals surface area contributed by atoms with Crippen LogP contribution < -0.4 is 21.3 Å². The van der Waals surface area contributed by atoms with Crippen LogP contribution in [0.1, 0.15) is 100 Å². The lowest BCUT2D eigenvalue weighted by molar-refractivity contribution is -0.0431. The van der Waals surface area contributed by atoms with Crippen LogP contribution in [0.25, 0.3) is 44.7 Å². The summed E-state index contributed by atoms with van der Waals surface area (Å²) in [5.74, 6) is -0.328. The molecule has 4 aromatic carbocycles. The van der Waals surface area contributed by atoms with Gasteiger partial charge in [0.05, 0.1) is 50.7 Å². The van der Waals surface area contributed by atoms with Gasteiger partial charge in [-0.15, -0.1) is 65.2 Å². The topological polar surface area (TPSA) is 502 Å². The molecule has 12 heterocycles. The van der Waals surface area contributed by atoms with Crippen LogP contribution in [-0.4, -0.2) is 215 Å². The van der Waals surface area contributed by atoms with Crippen molar-refractivity contribution in [2.45, 2.75) is 129 Å². The van der Waals surface area contributed by atoms with E-state index in [4.69, 9.17) is 84.2 Å². The van der Waals surface area contributed by atoms with Gasteiger partial charge in [0.1, 0.15) is 71.2 Å². The molecule has 0 saturated carbocycles. The Morgan fingerprint density at radius 3 is 0.904 bits per heavy atom. The van der Waals surface area contributed by atoms with Crippen molar-refractivity contribution in [1.29, 1.82) is 0 Å². The Morgan fingerprint density at radius 2 is 0.643 bits per heavy atom. The first-order valence-electron chi connectivity index (χ1n) is 34.8. The van der Waals surface area contributed by atoms with E-state index in [1.54, 1.807) is 117 Å². The molecule has 0 radical (unpaired) electrons. The monoisotopic (exact) mass is 1690 g/mol. The molecular weight excluding hydrogens is 1620 g/mol. The van der Waals surface area contributed by atoms with E-state index in [1.165, 1.54) is 55.2 Å². The number of nitrogens with one attached hydrogen (secondary N) is 4. The summed E-state index contributed by atoms with van der Waals surface area (Å²) >= 11 is 25.5. The van der Waals surface area contributed by atoms with Crippen molar-refractivity contribution >= 4 is 154 Å². The SMILES string of the molecule is C.CC[C@H]1O[C@@H](n2cnc3c(NC(=O)c4ccccc4)ncnc32)[C@H](Cl)[C@@H]1O.CC[C@H]1O[C@@H](n2cnc3c(NC(=O)c4ccccc4)ncnc32)[C@H](Cl)[C@@H]1O[P+](=O)O.O=C(Nc1ncnc2c1ncn2[C@@H]1O[C@H](CO)[C@@H](O)[C@H]1Cl)c1ccccc1.O=C(Nc1ncnc2c1ncn2[C@@H]1O[C@H](CO)[C@@H](O[P+](=O)O)[C@H]1Cl)c1ccccc1. The molecule has 0 bridgehead atoms. The number of imidazole rings is 4. The Morgan fingerprint density at radius 1 is 0.391 bits per heavy atom. The maximum atomic E-state index is 12.5. The van der Waals surface area contributed by atoms with Gasteiger partial charge in [0, 0.05) is 31.4 Å². The number of anilines is 4. The van der Waals surface area contributed by atoms with Crippen LogP contribution in [0.15, 0.2) is 172 Å². The van der Waals surface area contributed by atoms with Crippen LogP contribution in [0.5, 0.6) is 0 Å². The summed E-state index contributed by atoms with van der Waals surface area (Å²) in [6.45, 7) is 2.96. The highest BCUT2D eigenvalue weighted by Crippen LogP contribution is 2.44. The van der Waals surface area contributed by atoms with E-state index in [-0.39, 0.29) is 61.2 Å². The largest absolute Gasteiger partial charge is 0.695 e. The molecule has 4 aliphatic rings. The van der Waals surface area contributed by atoms with E-state index < -0.39 is 112 Å². The molecule has 12 aromatic rings. The van der Waals surface area contributed by atoms with Crippen LogP contribution in [0.4, 0.5) is 23.3 Å². The van der Waals surface area contributed by atoms with Gasteiger partial charge < -0.3 is 60.6 Å². The molecule has 600 valence electrons. The van der Waals surface area contributed by atoms with Crippen LogP contribution in [0.3, 0.4) is 0 Å². The molecule has 0 aliphatic carbocycles. The van der Waals surface area contributed by atoms with E-state index in [1.807, 2.05) is 32.0 Å². The molecule has 4 saturated heterocycles. The lowest BCUT2D eigenvalue weighted by Gasteiger charge is -2.16. The van der Waals surface area contributed by atoms with Crippen LogP contribution in [0.2, 0.25) is 0 Å². The van der Waals surface area contributed by atoms with Crippen molar-refractivity contribution < 1.29 is 86.5 Å². The number of carbonyl (C=O) groups is 4. The van der Waals surface area contributed by atoms with E-state index >= 15 is 0 Å². The molecule has 4 fully saturated rings. The molecule has 10 N–H and O–H groups in total. The number of benzene rings is 4. The second-order valence-corrected chi connectivity index (χ2v) is 28.7. The molecule has 38 nitrogen and oxygen atoms in total. The number of ether oxygens (including phenoxy) is 4. The number of rotatable bonds is 20. The van der Waals surface area contributed by atoms with Gasteiger partial charge in [-0.25, -0.2) is 59.8 Å². The number of hydrogen-bond acceptors (Lipinski definition) is 28. The van der Waals surface area contributed by atoms with Crippen molar-refractivity contribution in [2.24, 2.45) is 0 Å². The van der Waals surface area contributed by atoms with Crippen LogP contribution in [-0.2, 0) is 37.1 Å². The maximum absolute atomic E-state index is 12.5. The Bertz CT molecular complexity index is 5080. The molecule has 18 atom stereocenters. The number of aliphatic hydroxyl groups is 4. The van der Waals surface area contributed by atoms with Gasteiger partial charge in [-0.3, -0.25) is 37.4 Å². The van der Waals surface area contributed by atoms with Gasteiger partial charge in [0.15, 0.2) is 105 Å². The van der Waals surface area contributed by atoms with E-state index in [9.17, 15) is 48.7 Å². The minimum absolute atomic E-state index is 0. The molecule has 44 heteroatoms. The van der Waals surface area contributed by atoms with Crippen molar-refractivity contribution in [3.63, 3.8) is 0 Å². The number of aliphatic hydroxyl groups excluding tert-OH is 4. The number of aromatic nitrogens is 16. The lowest BCUT2D eigenvalue weighted by atomic mass is 10.1. The molecule has 16 rings (SSSR count). The Kier molecular flexibility index (Phi) is 27.9. The summed E-state index contributed by atoms with van der Waals surface area (Å²) < 4.78 is 61.7. The third-order valence-electron chi connectivity index (χ3n) is 18.3. The van der Waals surface area contributed by atoms with Crippen molar-refractivity contribution in [3.8, 4) is 0 Å². The van der Waals surface area contributed by atoms with Gasteiger partial charge >= 0.3 is 16.5 Å². The molecule has 2 unspecified atom stereocenters. The molecule has 115 heavy (non-hydrogen) atoms. The average Bonchev–Trinajstić information content (AvgIpc) is 1.64. The number of fused-ring (bicyclic) bond motifs is 4. The number of nitrogens with zero attached hydrogens (tertiary/aromatic N) is 16. The first-order valence-corrected chi connectivity index (χ1v) is 38.8. The van der Waals surface area contributed by atoms with E-state index in [0.29, 0.717) is 85.6 Å². The van der Waals surface area contributed by atoms with Gasteiger partial charge in [0.2, 0.25) is 0 Å². The summed E-state index contributed by atoms with van der Waals surface area (Å²) in [6.07, 6.45) is 3.08. The lowest BCUT2D eigenvalue weighted by Crippen LogP contribution is -2.31. The van der Waals surface area contributed by atoms with Gasteiger partial charge in [-0.2, -0.15) is 0 Å². The van der Waals surface area contributed by atoms with Gasteiger partial charge in [0.25, 0.3) is 23.6 Å². The minimum Gasteiger partial charge on any atom is -0.394 e. The average molecular weight is 1700 g/mol. The zero-order valence-electron chi connectivity index (χ0n) is 59.4. The Balaban J connectivity index is 0.000000141. The van der Waals surface area contributed by atoms with Crippen LogP contribution >= 0.6 is 62.9 Å². The predicted octanol–water partition coefficient (Wildman–Crippen LogP) is 8.57. The zero-order valence-corrected chi connectivity index (χ0v) is 64.2. The number of alkyl halides is 4. The Labute approximate surface area is 673 Å². The second-order valence-electron chi connectivity index (χ2n) is 25.3. The van der Waals surface area contributed by atoms with Crippen molar-refractivity contribution in [2.75, 3.05) is 34.5 Å². The zero-order chi connectivity index (χ0) is 80.4. The van der Waals surface area contributed by atoms with E-state index in [2.05, 4.69) is 81.1 Å². The smallest absolute Gasteiger partial charge is 0.394 e. The number of hydrogen-bond donors (Lipinski definition) is 10. The third kappa shape index (κ3) is 18.4. The van der Waals surface area contributed by atoms with Crippen molar-refractivity contribution in [1.82, 2.24) is 78.1 Å². The fourth-order valence-corrected chi connectivity index (χ4v) is 15.3. The normalized spacial score (nSPS) is 24.3. The highest BCUT2D eigenvalue weighted by Gasteiger charge is 2.52. The maximum Gasteiger partial charge on any atom is 0.695 e. The number of amides is 4. The summed E-state index contributed by atoms with van der Waals surface area (Å²) in [5, 5.41) is 46.9. The quantitative estimate of drug-likeness (QED) is 0.0252. The van der Waals surface area contributed by atoms with Gasteiger partial charge in [-0.1, -0.05) is 94.1 Å². The number of halogens is 4. The second kappa shape index (κ2) is 38.1. The minimum atomic E-state index is -2.94. The van der Waals surface area contributed by atoms with E-state index in [0.717, 1.165) is 0 Å². The summed E-state index contributed by atoms with van der Waals surface area (Å²) in [4.78, 5) is 118. The fourth-order valence-electron chi connectivity index (χ4n) is 12.7.